The molecule has 2 aromatic heterocycles. The number of nitrogens with one attached hydrogen (secondary N) is 2. The van der Waals surface area contributed by atoms with Gasteiger partial charge in [0.15, 0.2) is 17.4 Å². The second-order valence-electron chi connectivity index (χ2n) is 5.20. The van der Waals surface area contributed by atoms with Gasteiger partial charge in [0.1, 0.15) is 12.4 Å². The highest BCUT2D eigenvalue weighted by Gasteiger charge is 2.05. The Morgan fingerprint density at radius 2 is 2.00 bits per heavy atom. The van der Waals surface area contributed by atoms with Crippen molar-refractivity contribution in [2.24, 2.45) is 4.99 Å². The first-order chi connectivity index (χ1) is 12.3. The Morgan fingerprint density at radius 1 is 1.16 bits per heavy atom. The zero-order chi connectivity index (χ0) is 17.5. The maximum absolute atomic E-state index is 5.84. The van der Waals surface area contributed by atoms with Crippen molar-refractivity contribution in [3.63, 3.8) is 0 Å². The van der Waals surface area contributed by atoms with Gasteiger partial charge in [0, 0.05) is 18.3 Å². The number of guanidine groups is 1. The molecule has 0 aliphatic carbocycles. The summed E-state index contributed by atoms with van der Waals surface area (Å²) in [4.78, 5) is 4.19. The molecule has 3 aromatic rings. The van der Waals surface area contributed by atoms with Gasteiger partial charge in [0.25, 0.3) is 0 Å². The first-order valence-electron chi connectivity index (χ1n) is 7.88. The van der Waals surface area contributed by atoms with Gasteiger partial charge in [0.2, 0.25) is 0 Å². The number of benzene rings is 1. The van der Waals surface area contributed by atoms with E-state index in [1.807, 2.05) is 40.9 Å². The Labute approximate surface area is 150 Å². The molecule has 0 aliphatic heterocycles. The van der Waals surface area contributed by atoms with Gasteiger partial charge in [-0.2, -0.15) is 0 Å². The lowest BCUT2D eigenvalue weighted by Gasteiger charge is -2.12. The molecule has 3 rings (SSSR count). The summed E-state index contributed by atoms with van der Waals surface area (Å²) < 4.78 is 7.57. The Hall–Kier alpha value is -2.80. The molecule has 7 nitrogen and oxygen atoms in total. The van der Waals surface area contributed by atoms with E-state index in [-0.39, 0.29) is 0 Å². The molecule has 0 amide bonds. The quantitative estimate of drug-likeness (QED) is 0.401. The molecule has 0 saturated carbocycles. The largest absolute Gasteiger partial charge is 0.492 e. The van der Waals surface area contributed by atoms with E-state index in [2.05, 4.69) is 25.8 Å². The molecule has 1 aromatic carbocycles. The van der Waals surface area contributed by atoms with Crippen LogP contribution in [0.5, 0.6) is 5.75 Å². The fourth-order valence-electron chi connectivity index (χ4n) is 2.26. The molecule has 130 valence electrons. The number of aromatic nitrogens is 3. The highest BCUT2D eigenvalue weighted by molar-refractivity contribution is 6.30. The molecule has 8 heteroatoms. The Morgan fingerprint density at radius 3 is 2.80 bits per heavy atom. The van der Waals surface area contributed by atoms with Crippen LogP contribution in [0.25, 0.3) is 5.65 Å². The average molecular weight is 359 g/mol. The number of hydrogen-bond acceptors (Lipinski definition) is 4. The lowest BCUT2D eigenvalue weighted by Crippen LogP contribution is -2.39. The number of hydrogen-bond donors (Lipinski definition) is 2. The molecule has 0 fully saturated rings. The normalized spacial score (nSPS) is 11.5. The molecule has 0 aliphatic rings. The summed E-state index contributed by atoms with van der Waals surface area (Å²) in [6.07, 6.45) is 1.93. The summed E-state index contributed by atoms with van der Waals surface area (Å²) in [6, 6.07) is 13.1. The van der Waals surface area contributed by atoms with Gasteiger partial charge in [-0.05, 0) is 36.4 Å². The maximum Gasteiger partial charge on any atom is 0.191 e. The predicted octanol–water partition coefficient (Wildman–Crippen LogP) is 2.13. The lowest BCUT2D eigenvalue weighted by molar-refractivity contribution is 0.322. The first kappa shape index (κ1) is 17.0. The Bertz CT molecular complexity index is 846. The summed E-state index contributed by atoms with van der Waals surface area (Å²) >= 11 is 5.84. The summed E-state index contributed by atoms with van der Waals surface area (Å²) in [5, 5.41) is 15.4. The van der Waals surface area contributed by atoms with Crippen LogP contribution in [0, 0.1) is 0 Å². The summed E-state index contributed by atoms with van der Waals surface area (Å²) in [5.74, 6) is 2.27. The SMILES string of the molecule is CN=C(NCCOc1ccc(Cl)cc1)NCc1nnc2ccccn12. The minimum absolute atomic E-state index is 0.510. The fourth-order valence-corrected chi connectivity index (χ4v) is 2.39. The molecular weight excluding hydrogens is 340 g/mol. The van der Waals surface area contributed by atoms with Crippen molar-refractivity contribution in [1.82, 2.24) is 25.2 Å². The number of halogens is 1. The molecule has 0 unspecified atom stereocenters. The van der Waals surface area contributed by atoms with Gasteiger partial charge in [-0.25, -0.2) is 0 Å². The zero-order valence-corrected chi connectivity index (χ0v) is 14.6. The molecular formula is C17H19ClN6O. The van der Waals surface area contributed by atoms with E-state index in [0.717, 1.165) is 17.2 Å². The van der Waals surface area contributed by atoms with Crippen LogP contribution >= 0.6 is 11.6 Å². The van der Waals surface area contributed by atoms with E-state index >= 15 is 0 Å². The molecule has 0 spiro atoms. The molecule has 0 atom stereocenters. The van der Waals surface area contributed by atoms with Crippen LogP contribution in [0.2, 0.25) is 5.02 Å². The van der Waals surface area contributed by atoms with Crippen LogP contribution in [-0.2, 0) is 6.54 Å². The van der Waals surface area contributed by atoms with E-state index in [1.54, 1.807) is 19.2 Å². The second kappa shape index (κ2) is 8.34. The van der Waals surface area contributed by atoms with Crippen LogP contribution in [-0.4, -0.2) is 40.8 Å². The van der Waals surface area contributed by atoms with E-state index in [9.17, 15) is 0 Å². The minimum Gasteiger partial charge on any atom is -0.492 e. The maximum atomic E-state index is 5.84. The molecule has 0 bridgehead atoms. The summed E-state index contributed by atoms with van der Waals surface area (Å²) in [5.41, 5.74) is 0.818. The topological polar surface area (TPSA) is 75.8 Å². The third-order valence-electron chi connectivity index (χ3n) is 3.50. The van der Waals surface area contributed by atoms with E-state index in [4.69, 9.17) is 16.3 Å². The van der Waals surface area contributed by atoms with Gasteiger partial charge in [0.05, 0.1) is 13.1 Å². The minimum atomic E-state index is 0.510. The van der Waals surface area contributed by atoms with Crippen molar-refractivity contribution in [3.05, 3.63) is 59.5 Å². The van der Waals surface area contributed by atoms with Crippen molar-refractivity contribution in [2.45, 2.75) is 6.54 Å². The number of rotatable bonds is 6. The standard InChI is InChI=1S/C17H19ClN6O/c1-19-17(20-9-11-25-14-7-5-13(18)6-8-14)21-12-16-23-22-15-4-2-3-10-24(15)16/h2-8,10H,9,11-12H2,1H3,(H2,19,20,21). The Balaban J connectivity index is 1.44. The first-order valence-corrected chi connectivity index (χ1v) is 8.25. The van der Waals surface area contributed by atoms with Gasteiger partial charge in [-0.1, -0.05) is 17.7 Å². The number of aliphatic imine (C=N–C) groups is 1. The van der Waals surface area contributed by atoms with Gasteiger partial charge in [-0.15, -0.1) is 10.2 Å². The summed E-state index contributed by atoms with van der Waals surface area (Å²) in [6.45, 7) is 1.64. The molecule has 2 heterocycles. The van der Waals surface area contributed by atoms with Crippen LogP contribution in [0.15, 0.2) is 53.7 Å². The number of fused-ring (bicyclic) bond motifs is 1. The van der Waals surface area contributed by atoms with Gasteiger partial charge >= 0.3 is 0 Å². The highest BCUT2D eigenvalue weighted by Crippen LogP contribution is 2.15. The van der Waals surface area contributed by atoms with Crippen molar-refractivity contribution >= 4 is 23.2 Å². The third kappa shape index (κ3) is 4.60. The third-order valence-corrected chi connectivity index (χ3v) is 3.75. The van der Waals surface area contributed by atoms with Gasteiger partial charge < -0.3 is 15.4 Å². The van der Waals surface area contributed by atoms with Crippen LogP contribution in [0.1, 0.15) is 5.82 Å². The van der Waals surface area contributed by atoms with Crippen molar-refractivity contribution in [3.8, 4) is 5.75 Å². The second-order valence-corrected chi connectivity index (χ2v) is 5.64. The molecule has 0 saturated heterocycles. The lowest BCUT2D eigenvalue weighted by atomic mass is 10.3. The monoisotopic (exact) mass is 358 g/mol. The smallest absolute Gasteiger partial charge is 0.191 e. The zero-order valence-electron chi connectivity index (χ0n) is 13.8. The van der Waals surface area contributed by atoms with Crippen molar-refractivity contribution in [1.29, 1.82) is 0 Å². The van der Waals surface area contributed by atoms with Crippen molar-refractivity contribution in [2.75, 3.05) is 20.2 Å². The van der Waals surface area contributed by atoms with E-state index in [1.165, 1.54) is 0 Å². The molecule has 25 heavy (non-hydrogen) atoms. The average Bonchev–Trinajstić information content (AvgIpc) is 3.06. The van der Waals surface area contributed by atoms with E-state index < -0.39 is 0 Å². The van der Waals surface area contributed by atoms with E-state index in [0.29, 0.717) is 30.7 Å². The molecule has 2 N–H and O–H groups in total. The van der Waals surface area contributed by atoms with Crippen molar-refractivity contribution < 1.29 is 4.74 Å². The van der Waals surface area contributed by atoms with Crippen LogP contribution in [0.3, 0.4) is 0 Å². The number of ether oxygens (including phenoxy) is 1. The summed E-state index contributed by atoms with van der Waals surface area (Å²) in [7, 11) is 1.72. The van der Waals surface area contributed by atoms with Crippen LogP contribution < -0.4 is 15.4 Å². The van der Waals surface area contributed by atoms with Gasteiger partial charge in [-0.3, -0.25) is 9.39 Å². The molecule has 0 radical (unpaired) electrons. The predicted molar refractivity (Wildman–Crippen MR) is 98.1 cm³/mol. The Kier molecular flexibility index (Phi) is 5.69. The fraction of sp³-hybridized carbons (Fsp3) is 0.235. The highest BCUT2D eigenvalue weighted by atomic mass is 35.5. The van der Waals surface area contributed by atoms with Crippen LogP contribution in [0.4, 0.5) is 0 Å². The number of pyridine rings is 1. The number of nitrogens with zero attached hydrogens (tertiary/aromatic N) is 4.